The molecule has 0 radical (unpaired) electrons. The van der Waals surface area contributed by atoms with Crippen LogP contribution in [0.3, 0.4) is 0 Å². The average Bonchev–Trinajstić information content (AvgIpc) is 1.85. The fourth-order valence-corrected chi connectivity index (χ4v) is 0.616. The molecule has 0 heterocycles. The Morgan fingerprint density at radius 2 is 2.33 bits per heavy atom. The van der Waals surface area contributed by atoms with Gasteiger partial charge in [0.1, 0.15) is 0 Å². The van der Waals surface area contributed by atoms with Crippen LogP contribution in [0.2, 0.25) is 0 Å². The van der Waals surface area contributed by atoms with Crippen molar-refractivity contribution in [3.8, 4) is 0 Å². The van der Waals surface area contributed by atoms with Crippen LogP contribution in [0, 0.1) is 0 Å². The summed E-state index contributed by atoms with van der Waals surface area (Å²) in [7, 11) is 1.69. The van der Waals surface area contributed by atoms with Gasteiger partial charge in [-0.1, -0.05) is 11.6 Å². The molecule has 9 heavy (non-hydrogen) atoms. The normalized spacial score (nSPS) is 12.1. The summed E-state index contributed by atoms with van der Waals surface area (Å²) in [5.74, 6) is 0. The molecule has 0 amide bonds. The Balaban J connectivity index is 3.30. The zero-order chi connectivity index (χ0) is 7.11. The molecule has 0 aliphatic carbocycles. The van der Waals surface area contributed by atoms with Gasteiger partial charge in [-0.05, 0) is 19.9 Å². The Kier molecular flexibility index (Phi) is 5.57. The highest BCUT2D eigenvalue weighted by Gasteiger charge is 1.84. The summed E-state index contributed by atoms with van der Waals surface area (Å²) < 4.78 is 4.89. The monoisotopic (exact) mass is 129 g/mol. The average molecular weight is 129 g/mol. The largest absolute Gasteiger partial charge is 0.380 e. The van der Waals surface area contributed by atoms with Gasteiger partial charge in [0.05, 0.1) is 6.61 Å². The highest BCUT2D eigenvalue weighted by Crippen LogP contribution is 1.93. The maximum absolute atomic E-state index is 5.29. The van der Waals surface area contributed by atoms with Crippen molar-refractivity contribution in [1.29, 1.82) is 0 Å². The lowest BCUT2D eigenvalue weighted by atomic mass is 10.2. The minimum atomic E-state index is 0.722. The van der Waals surface area contributed by atoms with Crippen LogP contribution in [0.5, 0.6) is 0 Å². The van der Waals surface area contributed by atoms with Gasteiger partial charge < -0.3 is 10.5 Å². The third-order valence-electron chi connectivity index (χ3n) is 1.03. The molecule has 0 spiro atoms. The maximum Gasteiger partial charge on any atom is 0.0670 e. The fraction of sp³-hybridized carbons (Fsp3) is 0.714. The van der Waals surface area contributed by atoms with Crippen molar-refractivity contribution < 1.29 is 4.74 Å². The summed E-state index contributed by atoms with van der Waals surface area (Å²) >= 11 is 0. The topological polar surface area (TPSA) is 35.2 Å². The Morgan fingerprint density at radius 3 is 2.78 bits per heavy atom. The van der Waals surface area contributed by atoms with Gasteiger partial charge in [0, 0.05) is 7.11 Å². The Morgan fingerprint density at radius 1 is 1.67 bits per heavy atom. The van der Waals surface area contributed by atoms with E-state index in [1.807, 2.05) is 6.92 Å². The van der Waals surface area contributed by atoms with Crippen LogP contribution in [0.1, 0.15) is 13.3 Å². The lowest BCUT2D eigenvalue weighted by Crippen LogP contribution is -1.97. The quantitative estimate of drug-likeness (QED) is 0.573. The van der Waals surface area contributed by atoms with E-state index in [2.05, 4.69) is 6.08 Å². The number of hydrogen-bond donors (Lipinski definition) is 1. The highest BCUT2D eigenvalue weighted by atomic mass is 16.5. The maximum atomic E-state index is 5.29. The van der Waals surface area contributed by atoms with E-state index >= 15 is 0 Å². The van der Waals surface area contributed by atoms with E-state index in [1.54, 1.807) is 7.11 Å². The van der Waals surface area contributed by atoms with Crippen molar-refractivity contribution in [2.75, 3.05) is 20.3 Å². The summed E-state index contributed by atoms with van der Waals surface area (Å²) in [6.07, 6.45) is 3.05. The Labute approximate surface area is 56.7 Å². The van der Waals surface area contributed by atoms with Gasteiger partial charge in [-0.2, -0.15) is 0 Å². The van der Waals surface area contributed by atoms with Gasteiger partial charge in [-0.25, -0.2) is 0 Å². The van der Waals surface area contributed by atoms with Gasteiger partial charge in [-0.15, -0.1) is 0 Å². The van der Waals surface area contributed by atoms with E-state index < -0.39 is 0 Å². The number of rotatable bonds is 4. The SMILES string of the molecule is COCC(C)=CCCN. The van der Waals surface area contributed by atoms with Crippen molar-refractivity contribution in [2.24, 2.45) is 5.73 Å². The van der Waals surface area contributed by atoms with Crippen molar-refractivity contribution in [1.82, 2.24) is 0 Å². The van der Waals surface area contributed by atoms with Crippen molar-refractivity contribution in [3.63, 3.8) is 0 Å². The van der Waals surface area contributed by atoms with E-state index in [9.17, 15) is 0 Å². The second-order valence-electron chi connectivity index (χ2n) is 2.06. The molecule has 0 aromatic heterocycles. The van der Waals surface area contributed by atoms with Crippen LogP contribution in [0.15, 0.2) is 11.6 Å². The standard InChI is InChI=1S/C7H15NO/c1-7(6-9-2)4-3-5-8/h4H,3,5-6,8H2,1-2H3. The van der Waals surface area contributed by atoms with Gasteiger partial charge in [0.15, 0.2) is 0 Å². The van der Waals surface area contributed by atoms with Crippen molar-refractivity contribution in [3.05, 3.63) is 11.6 Å². The first-order chi connectivity index (χ1) is 4.31. The van der Waals surface area contributed by atoms with Crippen molar-refractivity contribution >= 4 is 0 Å². The third kappa shape index (κ3) is 5.53. The molecule has 0 saturated heterocycles. The molecule has 0 bridgehead atoms. The van der Waals surface area contributed by atoms with Crippen LogP contribution < -0.4 is 5.73 Å². The van der Waals surface area contributed by atoms with E-state index in [0.29, 0.717) is 0 Å². The van der Waals surface area contributed by atoms with Gasteiger partial charge in [0.25, 0.3) is 0 Å². The molecule has 2 heteroatoms. The van der Waals surface area contributed by atoms with Crippen molar-refractivity contribution in [2.45, 2.75) is 13.3 Å². The lowest BCUT2D eigenvalue weighted by molar-refractivity contribution is 0.225. The molecule has 0 atom stereocenters. The molecule has 0 saturated carbocycles. The van der Waals surface area contributed by atoms with Gasteiger partial charge in [0.2, 0.25) is 0 Å². The number of ether oxygens (including phenoxy) is 1. The molecule has 54 valence electrons. The van der Waals surface area contributed by atoms with Crippen LogP contribution >= 0.6 is 0 Å². The van der Waals surface area contributed by atoms with Crippen LogP contribution in [0.4, 0.5) is 0 Å². The van der Waals surface area contributed by atoms with Gasteiger partial charge in [-0.3, -0.25) is 0 Å². The van der Waals surface area contributed by atoms with Crippen LogP contribution in [-0.2, 0) is 4.74 Å². The zero-order valence-electron chi connectivity index (χ0n) is 6.18. The molecular weight excluding hydrogens is 114 g/mol. The molecule has 0 aromatic rings. The molecule has 2 N–H and O–H groups in total. The molecule has 0 aliphatic heterocycles. The molecule has 0 rings (SSSR count). The first-order valence-electron chi connectivity index (χ1n) is 3.16. The fourth-order valence-electron chi connectivity index (χ4n) is 0.616. The Hall–Kier alpha value is -0.340. The second-order valence-corrected chi connectivity index (χ2v) is 2.06. The summed E-state index contributed by atoms with van der Waals surface area (Å²) in [4.78, 5) is 0. The van der Waals surface area contributed by atoms with Crippen LogP contribution in [-0.4, -0.2) is 20.3 Å². The predicted octanol–water partition coefficient (Wildman–Crippen LogP) is 0.928. The first-order valence-corrected chi connectivity index (χ1v) is 3.16. The lowest BCUT2D eigenvalue weighted by Gasteiger charge is -1.96. The summed E-state index contributed by atoms with van der Waals surface area (Å²) in [6.45, 7) is 3.49. The first kappa shape index (κ1) is 8.66. The second kappa shape index (κ2) is 5.79. The minimum absolute atomic E-state index is 0.722. The van der Waals surface area contributed by atoms with E-state index in [1.165, 1.54) is 5.57 Å². The smallest absolute Gasteiger partial charge is 0.0670 e. The van der Waals surface area contributed by atoms with Crippen LogP contribution in [0.25, 0.3) is 0 Å². The molecule has 0 aliphatic rings. The molecule has 2 nitrogen and oxygen atoms in total. The van der Waals surface area contributed by atoms with E-state index in [0.717, 1.165) is 19.6 Å². The molecule has 0 aromatic carbocycles. The molecule has 0 fully saturated rings. The summed E-state index contributed by atoms with van der Waals surface area (Å²) in [6, 6.07) is 0. The third-order valence-corrected chi connectivity index (χ3v) is 1.03. The van der Waals surface area contributed by atoms with E-state index in [-0.39, 0.29) is 0 Å². The summed E-state index contributed by atoms with van der Waals surface area (Å²) in [5.41, 5.74) is 6.54. The number of nitrogens with two attached hydrogens (primary N) is 1. The summed E-state index contributed by atoms with van der Waals surface area (Å²) in [5, 5.41) is 0. The highest BCUT2D eigenvalue weighted by molar-refractivity contribution is 4.97. The number of hydrogen-bond acceptors (Lipinski definition) is 2. The molecule has 0 unspecified atom stereocenters. The van der Waals surface area contributed by atoms with E-state index in [4.69, 9.17) is 10.5 Å². The zero-order valence-corrected chi connectivity index (χ0v) is 6.18. The predicted molar refractivity (Wildman–Crippen MR) is 39.3 cm³/mol. The Bertz CT molecular complexity index is 88.9. The van der Waals surface area contributed by atoms with Gasteiger partial charge >= 0.3 is 0 Å². The number of methoxy groups -OCH3 is 1. The molecular formula is C7H15NO. The minimum Gasteiger partial charge on any atom is -0.380 e.